The second-order valence-corrected chi connectivity index (χ2v) is 5.89. The maximum Gasteiger partial charge on any atom is 0.505 e. The second kappa shape index (κ2) is 7.23. The molecule has 0 spiro atoms. The van der Waals surface area contributed by atoms with Crippen LogP contribution in [0.25, 0.3) is 0 Å². The average Bonchev–Trinajstić information content (AvgIpc) is 2.16. The van der Waals surface area contributed by atoms with Crippen molar-refractivity contribution in [1.82, 2.24) is 4.72 Å². The van der Waals surface area contributed by atoms with Gasteiger partial charge in [0, 0.05) is 31.5 Å². The van der Waals surface area contributed by atoms with E-state index in [-0.39, 0.29) is 6.73 Å². The summed E-state index contributed by atoms with van der Waals surface area (Å²) in [7, 11) is 0.139. The van der Waals surface area contributed by atoms with Crippen LogP contribution in [0.5, 0.6) is 0 Å². The molecule has 8 heteroatoms. The minimum atomic E-state index is -2.76. The molecule has 84 valence electrons. The first-order valence-electron chi connectivity index (χ1n) is 3.78. The van der Waals surface area contributed by atoms with Gasteiger partial charge in [0.15, 0.2) is 0 Å². The summed E-state index contributed by atoms with van der Waals surface area (Å²) in [6.45, 7) is 3.37. The van der Waals surface area contributed by atoms with E-state index in [0.717, 1.165) is 0 Å². The molecule has 14 heavy (non-hydrogen) atoms. The van der Waals surface area contributed by atoms with Crippen LogP contribution in [0, 0.1) is 0 Å². The summed E-state index contributed by atoms with van der Waals surface area (Å²) in [5.74, 6) is 0. The Morgan fingerprint density at radius 1 is 1.57 bits per heavy atom. The molecule has 0 aromatic heterocycles. The lowest BCUT2D eigenvalue weighted by Crippen LogP contribution is -2.45. The van der Waals surface area contributed by atoms with Gasteiger partial charge in [0.2, 0.25) is 0 Å². The van der Waals surface area contributed by atoms with Crippen molar-refractivity contribution in [3.63, 3.8) is 0 Å². The van der Waals surface area contributed by atoms with Gasteiger partial charge in [-0.25, -0.2) is 4.72 Å². The number of hydrogen-bond acceptors (Lipinski definition) is 5. The molecule has 0 aromatic rings. The smallest absolute Gasteiger partial charge is 0.505 e. The van der Waals surface area contributed by atoms with E-state index >= 15 is 0 Å². The summed E-state index contributed by atoms with van der Waals surface area (Å²) >= 11 is -2.35. The first kappa shape index (κ1) is 13.9. The zero-order chi connectivity index (χ0) is 11.0. The fourth-order valence-corrected chi connectivity index (χ4v) is 2.55. The second-order valence-electron chi connectivity index (χ2n) is 2.25. The van der Waals surface area contributed by atoms with Crippen molar-refractivity contribution in [2.45, 2.75) is 6.04 Å². The first-order chi connectivity index (χ1) is 6.60. The third kappa shape index (κ3) is 4.96. The van der Waals surface area contributed by atoms with Gasteiger partial charge in [-0.2, -0.15) is 0 Å². The van der Waals surface area contributed by atoms with Gasteiger partial charge in [0.05, 0.1) is 0 Å². The Balaban J connectivity index is 4.06. The van der Waals surface area contributed by atoms with Gasteiger partial charge >= 0.3 is 8.80 Å². The molecule has 0 aliphatic rings. The Kier molecular flexibility index (Phi) is 7.18. The summed E-state index contributed by atoms with van der Waals surface area (Å²) in [4.78, 5) is 0. The van der Waals surface area contributed by atoms with E-state index in [9.17, 15) is 8.76 Å². The van der Waals surface area contributed by atoms with Crippen LogP contribution in [-0.4, -0.2) is 38.5 Å². The van der Waals surface area contributed by atoms with Crippen molar-refractivity contribution in [2.75, 3.05) is 21.0 Å². The molecule has 0 aliphatic heterocycles. The summed E-state index contributed by atoms with van der Waals surface area (Å²) in [5.41, 5.74) is 0. The lowest BCUT2D eigenvalue weighted by Gasteiger charge is -2.25. The maximum absolute atomic E-state index is 10.1. The molecule has 1 atom stereocenters. The number of hydrogen-bond donors (Lipinski definition) is 1. The van der Waals surface area contributed by atoms with Crippen molar-refractivity contribution in [3.8, 4) is 0 Å². The van der Waals surface area contributed by atoms with Gasteiger partial charge in [-0.3, -0.25) is 4.21 Å². The molecule has 0 heterocycles. The molecular formula is C6H14NO5SSi-. The number of nitrogens with one attached hydrogen (secondary N) is 1. The molecule has 0 aromatic carbocycles. The zero-order valence-electron chi connectivity index (χ0n) is 8.15. The highest BCUT2D eigenvalue weighted by atomic mass is 32.2. The molecule has 0 saturated heterocycles. The van der Waals surface area contributed by atoms with E-state index in [2.05, 4.69) is 11.3 Å². The lowest BCUT2D eigenvalue weighted by molar-refractivity contribution is 0.0997. The number of allylic oxidation sites excluding steroid dienone is 1. The molecule has 0 fully saturated rings. The first-order valence-corrected chi connectivity index (χ1v) is 6.79. The van der Waals surface area contributed by atoms with Gasteiger partial charge in [-0.05, 0) is 0 Å². The summed E-state index contributed by atoms with van der Waals surface area (Å²) in [6, 6.07) is 0.424. The Labute approximate surface area is 87.0 Å². The van der Waals surface area contributed by atoms with Crippen molar-refractivity contribution in [2.24, 2.45) is 0 Å². The maximum atomic E-state index is 10.1. The van der Waals surface area contributed by atoms with Gasteiger partial charge in [-0.1, -0.05) is 6.08 Å². The van der Waals surface area contributed by atoms with Crippen molar-refractivity contribution in [3.05, 3.63) is 12.7 Å². The van der Waals surface area contributed by atoms with E-state index < -0.39 is 20.1 Å². The molecule has 0 amide bonds. The zero-order valence-corrected chi connectivity index (χ0v) is 9.96. The normalized spacial score (nSPS) is 13.9. The summed E-state index contributed by atoms with van der Waals surface area (Å²) in [6.07, 6.45) is 1.60. The Hall–Kier alpha value is -0.0931. The number of rotatable bonds is 8. The van der Waals surface area contributed by atoms with Crippen LogP contribution in [0.3, 0.4) is 0 Å². The van der Waals surface area contributed by atoms with Crippen LogP contribution in [0.4, 0.5) is 0 Å². The van der Waals surface area contributed by atoms with Crippen LogP contribution in [0.15, 0.2) is 12.7 Å². The van der Waals surface area contributed by atoms with Gasteiger partial charge in [0.25, 0.3) is 0 Å². The predicted octanol–water partition coefficient (Wildman–Crippen LogP) is -0.238. The SMILES string of the molecule is C=CC[Si](OC)(OC)OCNS(=O)[O-]. The van der Waals surface area contributed by atoms with E-state index in [0.29, 0.717) is 6.04 Å². The average molecular weight is 240 g/mol. The highest BCUT2D eigenvalue weighted by molar-refractivity contribution is 7.77. The largest absolute Gasteiger partial charge is 0.760 e. The molecule has 6 nitrogen and oxygen atoms in total. The Bertz CT molecular complexity index is 199. The van der Waals surface area contributed by atoms with Crippen LogP contribution < -0.4 is 4.72 Å². The van der Waals surface area contributed by atoms with E-state index in [1.165, 1.54) is 14.2 Å². The van der Waals surface area contributed by atoms with E-state index in [4.69, 9.17) is 13.3 Å². The standard InChI is InChI=1S/C6H15NO5SSi/c1-4-5-14(10-2,11-3)12-6-7-13(8)9/h4,7H,1,5-6H2,2-3H3,(H,8,9)/p-1. The van der Waals surface area contributed by atoms with E-state index in [1.807, 2.05) is 0 Å². The van der Waals surface area contributed by atoms with E-state index in [1.54, 1.807) is 6.08 Å². The predicted molar refractivity (Wildman–Crippen MR) is 52.8 cm³/mol. The molecule has 0 saturated carbocycles. The fraction of sp³-hybridized carbons (Fsp3) is 0.667. The minimum Gasteiger partial charge on any atom is -0.760 e. The van der Waals surface area contributed by atoms with Gasteiger partial charge in [-0.15, -0.1) is 6.58 Å². The van der Waals surface area contributed by atoms with Gasteiger partial charge in [0.1, 0.15) is 6.73 Å². The van der Waals surface area contributed by atoms with Crippen molar-refractivity contribution >= 4 is 20.1 Å². The third-order valence-electron chi connectivity index (χ3n) is 1.49. The lowest BCUT2D eigenvalue weighted by atomic mass is 10.8. The highest BCUT2D eigenvalue weighted by Crippen LogP contribution is 2.13. The molecule has 0 aliphatic carbocycles. The van der Waals surface area contributed by atoms with Crippen molar-refractivity contribution < 1.29 is 22.0 Å². The molecule has 1 N–H and O–H groups in total. The molecule has 0 bridgehead atoms. The Morgan fingerprint density at radius 3 is 2.50 bits per heavy atom. The van der Waals surface area contributed by atoms with Crippen LogP contribution >= 0.6 is 0 Å². The molecule has 0 radical (unpaired) electrons. The highest BCUT2D eigenvalue weighted by Gasteiger charge is 2.37. The van der Waals surface area contributed by atoms with Crippen LogP contribution in [-0.2, 0) is 24.5 Å². The van der Waals surface area contributed by atoms with Gasteiger partial charge < -0.3 is 17.8 Å². The Morgan fingerprint density at radius 2 is 2.14 bits per heavy atom. The molecule has 0 rings (SSSR count). The van der Waals surface area contributed by atoms with Crippen LogP contribution in [0.1, 0.15) is 0 Å². The quantitative estimate of drug-likeness (QED) is 0.274. The van der Waals surface area contributed by atoms with Crippen molar-refractivity contribution in [1.29, 1.82) is 0 Å². The topological polar surface area (TPSA) is 79.8 Å². The summed E-state index contributed by atoms with van der Waals surface area (Å²) in [5, 5.41) is 0. The van der Waals surface area contributed by atoms with Crippen LogP contribution in [0.2, 0.25) is 6.04 Å². The summed E-state index contributed by atoms with van der Waals surface area (Å²) < 4.78 is 37.7. The molecular weight excluding hydrogens is 226 g/mol. The third-order valence-corrected chi connectivity index (χ3v) is 4.46. The fourth-order valence-electron chi connectivity index (χ4n) is 0.791. The minimum absolute atomic E-state index is 0.169. The monoisotopic (exact) mass is 240 g/mol. The molecule has 1 unspecified atom stereocenters.